The molecule has 0 aliphatic heterocycles. The molecule has 1 aromatic heterocycles. The summed E-state index contributed by atoms with van der Waals surface area (Å²) in [6, 6.07) is 8.15. The molecule has 0 aliphatic carbocycles. The van der Waals surface area contributed by atoms with Crippen molar-refractivity contribution in [3.8, 4) is 0 Å². The van der Waals surface area contributed by atoms with Crippen molar-refractivity contribution in [1.29, 1.82) is 0 Å². The predicted octanol–water partition coefficient (Wildman–Crippen LogP) is 2.04. The Hall–Kier alpha value is -1.35. The van der Waals surface area contributed by atoms with Crippen LogP contribution in [0.1, 0.15) is 5.82 Å². The van der Waals surface area contributed by atoms with Crippen LogP contribution >= 0.6 is 0 Å². The van der Waals surface area contributed by atoms with Crippen molar-refractivity contribution in [2.75, 3.05) is 0 Å². The van der Waals surface area contributed by atoms with Gasteiger partial charge in [-0.2, -0.15) is 0 Å². The van der Waals surface area contributed by atoms with Gasteiger partial charge in [-0.25, -0.2) is 4.98 Å². The van der Waals surface area contributed by atoms with E-state index in [0.717, 1.165) is 11.3 Å². The molecule has 3 heteroatoms. The fraction of sp³-hybridized carbons (Fsp3) is 0.222. The minimum absolute atomic E-state index is 0. The first kappa shape index (κ1) is 8.74. The number of aryl methyl sites for hydroxylation is 2. The molecule has 0 amide bonds. The van der Waals surface area contributed by atoms with Crippen LogP contribution in [0.4, 0.5) is 0 Å². The van der Waals surface area contributed by atoms with Gasteiger partial charge in [0.2, 0.25) is 0 Å². The number of benzene rings is 1. The highest BCUT2D eigenvalue weighted by molar-refractivity contribution is 5.75. The van der Waals surface area contributed by atoms with Gasteiger partial charge in [0.05, 0.1) is 11.0 Å². The molecule has 12 heavy (non-hydrogen) atoms. The molecule has 0 saturated heterocycles. The molecular formula is C9H13N3. The summed E-state index contributed by atoms with van der Waals surface area (Å²) < 4.78 is 2.09. The van der Waals surface area contributed by atoms with Gasteiger partial charge in [0.1, 0.15) is 5.82 Å². The van der Waals surface area contributed by atoms with Crippen LogP contribution < -0.4 is 6.15 Å². The summed E-state index contributed by atoms with van der Waals surface area (Å²) in [7, 11) is 2.03. The normalized spacial score (nSPS) is 9.83. The van der Waals surface area contributed by atoms with Crippen LogP contribution in [0, 0.1) is 6.92 Å². The molecule has 0 radical (unpaired) electrons. The minimum atomic E-state index is 0. The van der Waals surface area contributed by atoms with E-state index >= 15 is 0 Å². The summed E-state index contributed by atoms with van der Waals surface area (Å²) in [5, 5.41) is 0. The number of hydrogen-bond donors (Lipinski definition) is 1. The smallest absolute Gasteiger partial charge is 0.106 e. The molecule has 3 nitrogen and oxygen atoms in total. The van der Waals surface area contributed by atoms with E-state index in [2.05, 4.69) is 15.6 Å². The van der Waals surface area contributed by atoms with Crippen molar-refractivity contribution in [3.05, 3.63) is 30.1 Å². The van der Waals surface area contributed by atoms with Gasteiger partial charge >= 0.3 is 0 Å². The van der Waals surface area contributed by atoms with Gasteiger partial charge in [0.15, 0.2) is 0 Å². The number of rotatable bonds is 0. The van der Waals surface area contributed by atoms with Crippen LogP contribution in [-0.4, -0.2) is 9.55 Å². The Bertz CT molecular complexity index is 390. The molecule has 0 saturated carbocycles. The van der Waals surface area contributed by atoms with E-state index in [1.165, 1.54) is 5.52 Å². The summed E-state index contributed by atoms with van der Waals surface area (Å²) in [5.41, 5.74) is 2.28. The molecule has 2 rings (SSSR count). The molecule has 64 valence electrons. The predicted molar refractivity (Wildman–Crippen MR) is 50.5 cm³/mol. The second-order valence-corrected chi connectivity index (χ2v) is 2.71. The van der Waals surface area contributed by atoms with E-state index in [1.54, 1.807) is 0 Å². The van der Waals surface area contributed by atoms with Crippen LogP contribution in [0.15, 0.2) is 24.3 Å². The highest BCUT2D eigenvalue weighted by Crippen LogP contribution is 2.12. The van der Waals surface area contributed by atoms with E-state index in [1.807, 2.05) is 32.2 Å². The molecule has 1 aromatic carbocycles. The summed E-state index contributed by atoms with van der Waals surface area (Å²) in [6.07, 6.45) is 0. The fourth-order valence-electron chi connectivity index (χ4n) is 1.27. The average molecular weight is 163 g/mol. The third kappa shape index (κ3) is 1.08. The zero-order valence-electron chi connectivity index (χ0n) is 7.41. The highest BCUT2D eigenvalue weighted by atomic mass is 15.0. The minimum Gasteiger partial charge on any atom is -0.344 e. The second kappa shape index (κ2) is 2.95. The van der Waals surface area contributed by atoms with Gasteiger partial charge in [-0.15, -0.1) is 0 Å². The Balaban J connectivity index is 0.000000720. The Labute approximate surface area is 71.6 Å². The van der Waals surface area contributed by atoms with Crippen LogP contribution in [0.3, 0.4) is 0 Å². The maximum absolute atomic E-state index is 4.38. The second-order valence-electron chi connectivity index (χ2n) is 2.71. The zero-order valence-corrected chi connectivity index (χ0v) is 7.41. The fourth-order valence-corrected chi connectivity index (χ4v) is 1.27. The molecule has 3 N–H and O–H groups in total. The Morgan fingerprint density at radius 2 is 1.92 bits per heavy atom. The number of fused-ring (bicyclic) bond motifs is 1. The maximum Gasteiger partial charge on any atom is 0.106 e. The first-order valence-electron chi connectivity index (χ1n) is 3.67. The van der Waals surface area contributed by atoms with E-state index in [4.69, 9.17) is 0 Å². The van der Waals surface area contributed by atoms with Crippen molar-refractivity contribution in [3.63, 3.8) is 0 Å². The van der Waals surface area contributed by atoms with Crippen molar-refractivity contribution in [2.45, 2.75) is 6.92 Å². The summed E-state index contributed by atoms with van der Waals surface area (Å²) in [6.45, 7) is 2.01. The van der Waals surface area contributed by atoms with Gasteiger partial charge in [0, 0.05) is 7.05 Å². The van der Waals surface area contributed by atoms with E-state index < -0.39 is 0 Å². The van der Waals surface area contributed by atoms with Gasteiger partial charge in [-0.1, -0.05) is 12.1 Å². The standard InChI is InChI=1S/C9H10N2.H3N/c1-7-10-8-5-3-4-6-9(8)11(7)2;/h3-6H,1-2H3;1H3. The van der Waals surface area contributed by atoms with Crippen LogP contribution in [-0.2, 0) is 7.05 Å². The zero-order chi connectivity index (χ0) is 7.84. The highest BCUT2D eigenvalue weighted by Gasteiger charge is 2.00. The number of nitrogens with zero attached hydrogens (tertiary/aromatic N) is 2. The lowest BCUT2D eigenvalue weighted by atomic mass is 10.3. The Morgan fingerprint density at radius 1 is 1.25 bits per heavy atom. The van der Waals surface area contributed by atoms with Gasteiger partial charge in [0.25, 0.3) is 0 Å². The van der Waals surface area contributed by atoms with Crippen LogP contribution in [0.25, 0.3) is 11.0 Å². The maximum atomic E-state index is 4.38. The molecule has 2 aromatic rings. The molecule has 0 unspecified atom stereocenters. The topological polar surface area (TPSA) is 52.8 Å². The largest absolute Gasteiger partial charge is 0.344 e. The molecule has 1 heterocycles. The lowest BCUT2D eigenvalue weighted by Gasteiger charge is -1.93. The van der Waals surface area contributed by atoms with Crippen LogP contribution in [0.2, 0.25) is 0 Å². The lowest BCUT2D eigenvalue weighted by molar-refractivity contribution is 0.886. The van der Waals surface area contributed by atoms with E-state index in [9.17, 15) is 0 Å². The lowest BCUT2D eigenvalue weighted by Crippen LogP contribution is -1.89. The molecule has 0 aliphatic rings. The van der Waals surface area contributed by atoms with Gasteiger partial charge in [-0.3, -0.25) is 0 Å². The quantitative estimate of drug-likeness (QED) is 0.646. The average Bonchev–Trinajstić information content (AvgIpc) is 2.30. The number of aromatic nitrogens is 2. The first-order chi connectivity index (χ1) is 5.29. The summed E-state index contributed by atoms with van der Waals surface area (Å²) in [4.78, 5) is 4.38. The van der Waals surface area contributed by atoms with Gasteiger partial charge < -0.3 is 10.7 Å². The van der Waals surface area contributed by atoms with Crippen molar-refractivity contribution in [2.24, 2.45) is 7.05 Å². The van der Waals surface area contributed by atoms with Crippen molar-refractivity contribution in [1.82, 2.24) is 15.7 Å². The first-order valence-corrected chi connectivity index (χ1v) is 3.67. The SMILES string of the molecule is Cc1nc2ccccc2n1C.N. The van der Waals surface area contributed by atoms with Crippen LogP contribution in [0.5, 0.6) is 0 Å². The monoisotopic (exact) mass is 163 g/mol. The summed E-state index contributed by atoms with van der Waals surface area (Å²) in [5.74, 6) is 1.06. The van der Waals surface area contributed by atoms with E-state index in [0.29, 0.717) is 0 Å². The Kier molecular flexibility index (Phi) is 2.15. The van der Waals surface area contributed by atoms with Gasteiger partial charge in [-0.05, 0) is 19.1 Å². The molecule has 0 fully saturated rings. The number of imidazole rings is 1. The third-order valence-corrected chi connectivity index (χ3v) is 2.01. The molecular weight excluding hydrogens is 150 g/mol. The third-order valence-electron chi connectivity index (χ3n) is 2.01. The molecule has 0 spiro atoms. The molecule has 0 bridgehead atoms. The van der Waals surface area contributed by atoms with E-state index in [-0.39, 0.29) is 6.15 Å². The van der Waals surface area contributed by atoms with Crippen molar-refractivity contribution >= 4 is 11.0 Å². The number of hydrogen-bond acceptors (Lipinski definition) is 2. The number of para-hydroxylation sites is 2. The Morgan fingerprint density at radius 3 is 2.58 bits per heavy atom. The van der Waals surface area contributed by atoms with Crippen molar-refractivity contribution < 1.29 is 0 Å². The summed E-state index contributed by atoms with van der Waals surface area (Å²) >= 11 is 0. The molecule has 0 atom stereocenters.